The summed E-state index contributed by atoms with van der Waals surface area (Å²) in [5, 5.41) is 0. The fraction of sp³-hybridized carbons (Fsp3) is 0.235. The normalized spacial score (nSPS) is 11.5. The number of pyridine rings is 1. The molecular weight excluding hydrogens is 336 g/mol. The Morgan fingerprint density at radius 2 is 1.85 bits per heavy atom. The molecule has 4 aromatic heterocycles. The first-order valence-electron chi connectivity index (χ1n) is 7.97. The van der Waals surface area contributed by atoms with Crippen molar-refractivity contribution in [3.05, 3.63) is 73.2 Å². The molecule has 4 rings (SSSR count). The van der Waals surface area contributed by atoms with Crippen LogP contribution in [-0.2, 0) is 20.6 Å². The Hall–Kier alpha value is -3.49. The van der Waals surface area contributed by atoms with Crippen molar-refractivity contribution in [1.82, 2.24) is 28.1 Å². The van der Waals surface area contributed by atoms with E-state index in [1.54, 1.807) is 17.7 Å². The molecule has 0 saturated heterocycles. The van der Waals surface area contributed by atoms with E-state index in [9.17, 15) is 14.4 Å². The SMILES string of the molecule is Cc1cccc2nc(Cn3cnc4c3c(=O)n(C)c(=O)n4C)cc(=O)n12. The lowest BCUT2D eigenvalue weighted by molar-refractivity contribution is 0.701. The van der Waals surface area contributed by atoms with Gasteiger partial charge in [-0.3, -0.25) is 23.1 Å². The number of hydrogen-bond donors (Lipinski definition) is 0. The van der Waals surface area contributed by atoms with Crippen LogP contribution in [0.25, 0.3) is 16.8 Å². The van der Waals surface area contributed by atoms with Gasteiger partial charge in [0, 0.05) is 25.9 Å². The summed E-state index contributed by atoms with van der Waals surface area (Å²) >= 11 is 0. The Labute approximate surface area is 146 Å². The maximum absolute atomic E-state index is 12.5. The van der Waals surface area contributed by atoms with Crippen LogP contribution in [0.2, 0.25) is 0 Å². The average molecular weight is 352 g/mol. The van der Waals surface area contributed by atoms with Crippen LogP contribution in [0.3, 0.4) is 0 Å². The molecule has 9 nitrogen and oxygen atoms in total. The summed E-state index contributed by atoms with van der Waals surface area (Å²) in [7, 11) is 2.98. The molecule has 9 heteroatoms. The van der Waals surface area contributed by atoms with Crippen molar-refractivity contribution in [1.29, 1.82) is 0 Å². The minimum atomic E-state index is -0.440. The van der Waals surface area contributed by atoms with E-state index in [-0.39, 0.29) is 12.1 Å². The molecule has 0 radical (unpaired) electrons. The van der Waals surface area contributed by atoms with E-state index >= 15 is 0 Å². The van der Waals surface area contributed by atoms with Gasteiger partial charge in [-0.15, -0.1) is 0 Å². The predicted octanol–water partition coefficient (Wildman–Crippen LogP) is -0.202. The highest BCUT2D eigenvalue weighted by atomic mass is 16.2. The van der Waals surface area contributed by atoms with Gasteiger partial charge in [0.1, 0.15) is 5.65 Å². The lowest BCUT2D eigenvalue weighted by Crippen LogP contribution is -2.37. The third-order valence-electron chi connectivity index (χ3n) is 4.48. The van der Waals surface area contributed by atoms with Crippen molar-refractivity contribution in [2.24, 2.45) is 14.1 Å². The lowest BCUT2D eigenvalue weighted by Gasteiger charge is -2.08. The minimum absolute atomic E-state index is 0.187. The molecule has 132 valence electrons. The molecule has 0 atom stereocenters. The molecule has 0 bridgehead atoms. The van der Waals surface area contributed by atoms with E-state index < -0.39 is 11.2 Å². The van der Waals surface area contributed by atoms with Gasteiger partial charge in [0.25, 0.3) is 11.1 Å². The highest BCUT2D eigenvalue weighted by molar-refractivity contribution is 5.70. The van der Waals surface area contributed by atoms with E-state index in [1.807, 2.05) is 19.1 Å². The maximum atomic E-state index is 12.5. The highest BCUT2D eigenvalue weighted by Gasteiger charge is 2.15. The molecule has 0 aliphatic heterocycles. The van der Waals surface area contributed by atoms with E-state index in [0.717, 1.165) is 10.3 Å². The molecule has 4 aromatic rings. The molecule has 0 aliphatic rings. The molecule has 26 heavy (non-hydrogen) atoms. The van der Waals surface area contributed by atoms with Crippen molar-refractivity contribution in [2.45, 2.75) is 13.5 Å². The molecule has 0 aromatic carbocycles. The van der Waals surface area contributed by atoms with E-state index in [1.165, 1.54) is 28.4 Å². The fourth-order valence-electron chi connectivity index (χ4n) is 3.14. The van der Waals surface area contributed by atoms with Crippen molar-refractivity contribution >= 4 is 16.8 Å². The van der Waals surface area contributed by atoms with Crippen molar-refractivity contribution in [2.75, 3.05) is 0 Å². The van der Waals surface area contributed by atoms with Gasteiger partial charge < -0.3 is 4.57 Å². The van der Waals surface area contributed by atoms with Gasteiger partial charge in [0.15, 0.2) is 11.2 Å². The molecular formula is C17H16N6O3. The van der Waals surface area contributed by atoms with E-state index in [2.05, 4.69) is 9.97 Å². The van der Waals surface area contributed by atoms with Crippen LogP contribution in [-0.4, -0.2) is 28.1 Å². The van der Waals surface area contributed by atoms with Crippen LogP contribution in [0.4, 0.5) is 0 Å². The van der Waals surface area contributed by atoms with Crippen LogP contribution < -0.4 is 16.8 Å². The Balaban J connectivity index is 1.92. The van der Waals surface area contributed by atoms with Crippen molar-refractivity contribution in [3.8, 4) is 0 Å². The summed E-state index contributed by atoms with van der Waals surface area (Å²) in [5.74, 6) is 0. The third kappa shape index (κ3) is 2.20. The third-order valence-corrected chi connectivity index (χ3v) is 4.48. The van der Waals surface area contributed by atoms with E-state index in [4.69, 9.17) is 0 Å². The number of fused-ring (bicyclic) bond motifs is 2. The Kier molecular flexibility index (Phi) is 3.39. The summed E-state index contributed by atoms with van der Waals surface area (Å²) in [6.45, 7) is 2.03. The second-order valence-corrected chi connectivity index (χ2v) is 6.20. The Morgan fingerprint density at radius 3 is 2.62 bits per heavy atom. The number of aryl methyl sites for hydroxylation is 2. The van der Waals surface area contributed by atoms with Crippen LogP contribution in [0.1, 0.15) is 11.4 Å². The van der Waals surface area contributed by atoms with Crippen molar-refractivity contribution in [3.63, 3.8) is 0 Å². The van der Waals surface area contributed by atoms with Gasteiger partial charge in [-0.25, -0.2) is 14.8 Å². The maximum Gasteiger partial charge on any atom is 0.332 e. The van der Waals surface area contributed by atoms with Gasteiger partial charge in [0.05, 0.1) is 18.6 Å². The van der Waals surface area contributed by atoms with Crippen LogP contribution >= 0.6 is 0 Å². The smallest absolute Gasteiger partial charge is 0.319 e. The molecule has 0 spiro atoms. The number of rotatable bonds is 2. The van der Waals surface area contributed by atoms with Gasteiger partial charge in [-0.1, -0.05) is 6.07 Å². The number of nitrogens with zero attached hydrogens (tertiary/aromatic N) is 6. The standard InChI is InChI=1S/C17H16N6O3/c1-10-5-4-6-12-19-11(7-13(24)23(10)12)8-22-9-18-15-14(22)16(25)21(3)17(26)20(15)2/h4-7,9H,8H2,1-3H3. The Morgan fingerprint density at radius 1 is 1.08 bits per heavy atom. The zero-order valence-electron chi connectivity index (χ0n) is 14.5. The topological polar surface area (TPSA) is 96.2 Å². The molecule has 0 fully saturated rings. The number of aromatic nitrogens is 6. The first kappa shape index (κ1) is 16.0. The molecule has 0 amide bonds. The second kappa shape index (κ2) is 5.51. The van der Waals surface area contributed by atoms with Crippen LogP contribution in [0, 0.1) is 6.92 Å². The Bertz CT molecular complexity index is 1360. The predicted molar refractivity (Wildman–Crippen MR) is 95.5 cm³/mol. The minimum Gasteiger partial charge on any atom is -0.319 e. The van der Waals surface area contributed by atoms with Gasteiger partial charge in [-0.2, -0.15) is 0 Å². The molecule has 0 unspecified atom stereocenters. The van der Waals surface area contributed by atoms with Gasteiger partial charge in [-0.05, 0) is 19.1 Å². The van der Waals surface area contributed by atoms with Gasteiger partial charge >= 0.3 is 5.69 Å². The summed E-state index contributed by atoms with van der Waals surface area (Å²) in [4.78, 5) is 45.6. The number of hydrogen-bond acceptors (Lipinski definition) is 5. The van der Waals surface area contributed by atoms with Crippen LogP contribution in [0.5, 0.6) is 0 Å². The quantitative estimate of drug-likeness (QED) is 0.498. The monoisotopic (exact) mass is 352 g/mol. The highest BCUT2D eigenvalue weighted by Crippen LogP contribution is 2.09. The zero-order chi connectivity index (χ0) is 18.6. The van der Waals surface area contributed by atoms with Crippen LogP contribution in [0.15, 0.2) is 45.0 Å². The van der Waals surface area contributed by atoms with Crippen molar-refractivity contribution < 1.29 is 0 Å². The number of imidazole rings is 1. The molecule has 4 heterocycles. The second-order valence-electron chi connectivity index (χ2n) is 6.20. The largest absolute Gasteiger partial charge is 0.332 e. The summed E-state index contributed by atoms with van der Waals surface area (Å²) in [6, 6.07) is 6.87. The first-order valence-corrected chi connectivity index (χ1v) is 7.97. The molecule has 0 aliphatic carbocycles. The van der Waals surface area contributed by atoms with E-state index in [0.29, 0.717) is 22.5 Å². The van der Waals surface area contributed by atoms with Gasteiger partial charge in [0.2, 0.25) is 0 Å². The average Bonchev–Trinajstić information content (AvgIpc) is 3.01. The molecule has 0 saturated carbocycles. The molecule has 0 N–H and O–H groups in total. The zero-order valence-corrected chi connectivity index (χ0v) is 14.5. The summed E-state index contributed by atoms with van der Waals surface area (Å²) < 4.78 is 5.48. The summed E-state index contributed by atoms with van der Waals surface area (Å²) in [6.07, 6.45) is 1.48. The fourth-order valence-corrected chi connectivity index (χ4v) is 3.14. The first-order chi connectivity index (χ1) is 12.4. The summed E-state index contributed by atoms with van der Waals surface area (Å²) in [5.41, 5.74) is 1.37. The lowest BCUT2D eigenvalue weighted by atomic mass is 10.3.